The first-order valence-corrected chi connectivity index (χ1v) is 13.9. The number of phenols is 1. The summed E-state index contributed by atoms with van der Waals surface area (Å²) in [6.45, 7) is 8.42. The van der Waals surface area contributed by atoms with Crippen LogP contribution in [-0.4, -0.2) is 110 Å². The average molecular weight is 606 g/mol. The Morgan fingerprint density at radius 3 is 2.42 bits per heavy atom. The molecule has 3 aliphatic rings. The third kappa shape index (κ3) is 5.25. The fourth-order valence-corrected chi connectivity index (χ4v) is 5.94. The highest BCUT2D eigenvalue weighted by Crippen LogP contribution is 2.43. The Kier molecular flexibility index (Phi) is 7.55. The van der Waals surface area contributed by atoms with E-state index in [2.05, 4.69) is 15.5 Å². The van der Waals surface area contributed by atoms with Crippen molar-refractivity contribution in [3.05, 3.63) is 30.1 Å². The summed E-state index contributed by atoms with van der Waals surface area (Å²) in [4.78, 5) is 45.3. The highest BCUT2D eigenvalue weighted by molar-refractivity contribution is 6.07. The van der Waals surface area contributed by atoms with E-state index in [9.17, 15) is 23.9 Å². The number of nitrogens with zero attached hydrogens (tertiary/aromatic N) is 6. The molecule has 3 atom stereocenters. The van der Waals surface area contributed by atoms with Crippen molar-refractivity contribution in [1.29, 1.82) is 0 Å². The number of benzene rings is 1. The van der Waals surface area contributed by atoms with Crippen LogP contribution in [0.4, 0.5) is 34.3 Å². The number of aromatic nitrogens is 2. The molecule has 15 heteroatoms. The molecular formula is C28H34F3N7O5. The molecule has 4 amide bonds. The topological polar surface area (TPSA) is 131 Å². The number of phenolic OH excluding ortho intramolecular Hbond substituents is 1. The zero-order valence-corrected chi connectivity index (χ0v) is 24.5. The first kappa shape index (κ1) is 30.2. The maximum absolute atomic E-state index is 15.0. The van der Waals surface area contributed by atoms with Crippen molar-refractivity contribution < 1.29 is 37.4 Å². The molecule has 12 nitrogen and oxygen atoms in total. The SMILES string of the molecule is C[C@@H]1CN(C(=O)OC(C)(C)C)C[C@H](C)N1C(=O)N1CCN2c3cc(-c4cccc(F)c4O)nnc3NC(=O)[C@]2(C(F)F)C1. The molecule has 1 aromatic carbocycles. The fraction of sp³-hybridized carbons (Fsp3) is 0.536. The highest BCUT2D eigenvalue weighted by Gasteiger charge is 2.59. The number of carbonyl (C=O) groups is 3. The van der Waals surface area contributed by atoms with Crippen LogP contribution in [0.2, 0.25) is 0 Å². The number of piperazine rings is 2. The Bertz CT molecular complexity index is 1440. The number of aromatic hydroxyl groups is 1. The van der Waals surface area contributed by atoms with E-state index in [0.29, 0.717) is 0 Å². The summed E-state index contributed by atoms with van der Waals surface area (Å²) >= 11 is 0. The second-order valence-electron chi connectivity index (χ2n) is 12.1. The molecule has 2 N–H and O–H groups in total. The van der Waals surface area contributed by atoms with E-state index in [4.69, 9.17) is 4.74 Å². The molecule has 0 radical (unpaired) electrons. The van der Waals surface area contributed by atoms with Gasteiger partial charge in [-0.1, -0.05) is 6.07 Å². The Balaban J connectivity index is 1.41. The van der Waals surface area contributed by atoms with E-state index in [-0.39, 0.29) is 48.9 Å². The van der Waals surface area contributed by atoms with Crippen LogP contribution in [-0.2, 0) is 9.53 Å². The molecule has 3 aliphatic heterocycles. The molecular weight excluding hydrogens is 571 g/mol. The number of hydrogen-bond acceptors (Lipinski definition) is 8. The lowest BCUT2D eigenvalue weighted by Crippen LogP contribution is -2.75. The van der Waals surface area contributed by atoms with Crippen molar-refractivity contribution in [3.63, 3.8) is 0 Å². The first-order valence-electron chi connectivity index (χ1n) is 13.9. The number of urea groups is 1. The van der Waals surface area contributed by atoms with Crippen LogP contribution in [0.3, 0.4) is 0 Å². The predicted molar refractivity (Wildman–Crippen MR) is 149 cm³/mol. The van der Waals surface area contributed by atoms with Gasteiger partial charge in [-0.2, -0.15) is 0 Å². The van der Waals surface area contributed by atoms with E-state index in [0.717, 1.165) is 6.07 Å². The van der Waals surface area contributed by atoms with Gasteiger partial charge in [0.25, 0.3) is 12.3 Å². The Morgan fingerprint density at radius 1 is 1.12 bits per heavy atom. The van der Waals surface area contributed by atoms with Gasteiger partial charge in [-0.15, -0.1) is 10.2 Å². The Morgan fingerprint density at radius 2 is 1.79 bits per heavy atom. The van der Waals surface area contributed by atoms with Gasteiger partial charge in [-0.25, -0.2) is 22.8 Å². The van der Waals surface area contributed by atoms with Crippen molar-refractivity contribution in [2.24, 2.45) is 0 Å². The van der Waals surface area contributed by atoms with Crippen LogP contribution in [0.25, 0.3) is 11.3 Å². The maximum atomic E-state index is 15.0. The normalized spacial score (nSPS) is 24.0. The number of halogens is 3. The van der Waals surface area contributed by atoms with Crippen molar-refractivity contribution in [2.45, 2.75) is 64.3 Å². The summed E-state index contributed by atoms with van der Waals surface area (Å²) in [5.41, 5.74) is -3.02. The van der Waals surface area contributed by atoms with Crippen LogP contribution in [0.15, 0.2) is 24.3 Å². The number of hydrogen-bond donors (Lipinski definition) is 2. The molecule has 0 saturated carbocycles. The molecule has 232 valence electrons. The molecule has 0 spiro atoms. The number of fused-ring (bicyclic) bond motifs is 3. The summed E-state index contributed by atoms with van der Waals surface area (Å²) in [6, 6.07) is 3.73. The molecule has 0 unspecified atom stereocenters. The number of anilines is 2. The van der Waals surface area contributed by atoms with Crippen LogP contribution >= 0.6 is 0 Å². The van der Waals surface area contributed by atoms with Crippen LogP contribution in [0, 0.1) is 5.82 Å². The quantitative estimate of drug-likeness (QED) is 0.532. The molecule has 1 aromatic heterocycles. The molecule has 4 heterocycles. The number of rotatable bonds is 2. The largest absolute Gasteiger partial charge is 0.504 e. The van der Waals surface area contributed by atoms with Gasteiger partial charge in [0, 0.05) is 43.8 Å². The van der Waals surface area contributed by atoms with Gasteiger partial charge in [-0.3, -0.25) is 4.79 Å². The molecule has 5 rings (SSSR count). The lowest BCUT2D eigenvalue weighted by atomic mass is 9.89. The monoisotopic (exact) mass is 605 g/mol. The van der Waals surface area contributed by atoms with Crippen LogP contribution in [0.1, 0.15) is 34.6 Å². The maximum Gasteiger partial charge on any atom is 0.410 e. The molecule has 43 heavy (non-hydrogen) atoms. The number of ether oxygens (including phenoxy) is 1. The zero-order valence-electron chi connectivity index (χ0n) is 24.5. The van der Waals surface area contributed by atoms with Crippen molar-refractivity contribution in [3.8, 4) is 17.0 Å². The lowest BCUT2D eigenvalue weighted by molar-refractivity contribution is -0.129. The minimum Gasteiger partial charge on any atom is -0.504 e. The second-order valence-corrected chi connectivity index (χ2v) is 12.1. The molecule has 2 fully saturated rings. The molecule has 2 aromatic rings. The predicted octanol–water partition coefficient (Wildman–Crippen LogP) is 3.52. The molecule has 0 bridgehead atoms. The van der Waals surface area contributed by atoms with E-state index < -0.39 is 65.8 Å². The standard InChI is InChI=1S/C28H34F3N7O5/c1-15-12-36(26(42)43-27(3,4)5)13-16(2)38(15)25(41)35-9-10-37-20-11-19(17-7-6-8-18(29)21(17)39)33-34-22(20)32-24(40)28(37,14-35)23(30)31/h6-8,11,15-16,23,39H,9-10,12-14H2,1-5H3,(H,32,34,40)/t15-,16+,28-/m1/s1. The third-order valence-corrected chi connectivity index (χ3v) is 7.88. The lowest BCUT2D eigenvalue weighted by Gasteiger charge is -2.53. The Hall–Kier alpha value is -4.30. The van der Waals surface area contributed by atoms with Crippen LogP contribution < -0.4 is 10.2 Å². The van der Waals surface area contributed by atoms with Gasteiger partial charge in [-0.05, 0) is 52.8 Å². The smallest absolute Gasteiger partial charge is 0.410 e. The first-order chi connectivity index (χ1) is 20.1. The van der Waals surface area contributed by atoms with Gasteiger partial charge in [0.1, 0.15) is 5.60 Å². The summed E-state index contributed by atoms with van der Waals surface area (Å²) in [7, 11) is 0. The van der Waals surface area contributed by atoms with Crippen molar-refractivity contribution in [2.75, 3.05) is 42.9 Å². The minimum absolute atomic E-state index is 0.00263. The average Bonchev–Trinajstić information content (AvgIpc) is 2.92. The Labute approximate surface area is 246 Å². The summed E-state index contributed by atoms with van der Waals surface area (Å²) < 4.78 is 49.5. The molecule has 2 saturated heterocycles. The van der Waals surface area contributed by atoms with E-state index >= 15 is 8.78 Å². The zero-order chi connectivity index (χ0) is 31.4. The van der Waals surface area contributed by atoms with E-state index in [1.165, 1.54) is 32.9 Å². The fourth-order valence-electron chi connectivity index (χ4n) is 5.94. The van der Waals surface area contributed by atoms with Crippen molar-refractivity contribution >= 4 is 29.5 Å². The second kappa shape index (κ2) is 10.8. The summed E-state index contributed by atoms with van der Waals surface area (Å²) in [5.74, 6) is -2.68. The van der Waals surface area contributed by atoms with E-state index in [1.54, 1.807) is 39.5 Å². The van der Waals surface area contributed by atoms with Crippen molar-refractivity contribution in [1.82, 2.24) is 24.9 Å². The van der Waals surface area contributed by atoms with Gasteiger partial charge in [0.15, 0.2) is 22.9 Å². The third-order valence-electron chi connectivity index (χ3n) is 7.88. The number of amides is 4. The number of para-hydroxylation sites is 1. The van der Waals surface area contributed by atoms with Gasteiger partial charge < -0.3 is 34.8 Å². The highest BCUT2D eigenvalue weighted by atomic mass is 19.3. The van der Waals surface area contributed by atoms with Gasteiger partial charge in [0.2, 0.25) is 0 Å². The van der Waals surface area contributed by atoms with E-state index in [1.807, 2.05) is 0 Å². The minimum atomic E-state index is -3.21. The summed E-state index contributed by atoms with van der Waals surface area (Å²) in [6.07, 6.45) is -3.72. The van der Waals surface area contributed by atoms with Crippen LogP contribution in [0.5, 0.6) is 5.75 Å². The number of carbonyl (C=O) groups excluding carboxylic acids is 3. The van der Waals surface area contributed by atoms with Gasteiger partial charge in [0.05, 0.1) is 17.9 Å². The number of alkyl halides is 2. The molecule has 0 aliphatic carbocycles. The summed E-state index contributed by atoms with van der Waals surface area (Å²) in [5, 5.41) is 20.5. The number of nitrogens with one attached hydrogen (secondary N) is 1. The van der Waals surface area contributed by atoms with Gasteiger partial charge >= 0.3 is 12.1 Å².